The number of nitrogens with one attached hydrogen (secondary N) is 2. The highest BCUT2D eigenvalue weighted by Crippen LogP contribution is 2.38. The van der Waals surface area contributed by atoms with Crippen molar-refractivity contribution in [3.8, 4) is 5.75 Å². The van der Waals surface area contributed by atoms with Gasteiger partial charge in [0.2, 0.25) is 5.91 Å². The lowest BCUT2D eigenvalue weighted by Gasteiger charge is -2.26. The predicted octanol–water partition coefficient (Wildman–Crippen LogP) is 1.18. The molecule has 1 aliphatic rings. The first-order chi connectivity index (χ1) is 14.0. The predicted molar refractivity (Wildman–Crippen MR) is 111 cm³/mol. The van der Waals surface area contributed by atoms with Gasteiger partial charge in [-0.2, -0.15) is 0 Å². The van der Waals surface area contributed by atoms with E-state index in [4.69, 9.17) is 15.2 Å². The zero-order chi connectivity index (χ0) is 21.1. The van der Waals surface area contributed by atoms with Crippen molar-refractivity contribution < 1.29 is 24.1 Å². The molecule has 160 valence electrons. The number of amides is 2. The Labute approximate surface area is 172 Å². The van der Waals surface area contributed by atoms with Crippen LogP contribution in [0.5, 0.6) is 5.75 Å². The minimum atomic E-state index is -1.15. The van der Waals surface area contributed by atoms with Crippen LogP contribution >= 0.6 is 0 Å². The molecular formula is C20H32BN3O5. The van der Waals surface area contributed by atoms with E-state index in [0.717, 1.165) is 30.6 Å². The highest BCUT2D eigenvalue weighted by atomic mass is 16.7. The Morgan fingerprint density at radius 2 is 2.00 bits per heavy atom. The molecule has 1 saturated carbocycles. The number of carbonyl (C=O) groups excluding carboxylic acids is 2. The number of carbonyl (C=O) groups is 2. The van der Waals surface area contributed by atoms with E-state index in [1.54, 1.807) is 7.11 Å². The van der Waals surface area contributed by atoms with E-state index < -0.39 is 18.4 Å². The topological polar surface area (TPSA) is 123 Å². The van der Waals surface area contributed by atoms with Gasteiger partial charge in [-0.15, -0.1) is 0 Å². The van der Waals surface area contributed by atoms with Gasteiger partial charge in [0, 0.05) is 6.54 Å². The molecule has 0 saturated heterocycles. The zero-order valence-corrected chi connectivity index (χ0v) is 17.1. The largest absolute Gasteiger partial charge is 0.497 e. The number of hydrogen-bond donors (Lipinski definition) is 4. The molecule has 1 aliphatic carbocycles. The Morgan fingerprint density at radius 1 is 1.24 bits per heavy atom. The molecule has 1 aromatic carbocycles. The summed E-state index contributed by atoms with van der Waals surface area (Å²) in [6, 6.07) is 7.65. The summed E-state index contributed by atoms with van der Waals surface area (Å²) in [4.78, 5) is 25.6. The first-order valence-corrected chi connectivity index (χ1v) is 10.3. The van der Waals surface area contributed by atoms with Gasteiger partial charge >= 0.3 is 7.12 Å². The normalized spacial score (nSPS) is 15.0. The van der Waals surface area contributed by atoms with Crippen LogP contribution < -0.4 is 21.3 Å². The van der Waals surface area contributed by atoms with E-state index in [1.807, 2.05) is 24.3 Å². The number of unbranched alkanes of at least 4 members (excludes halogenated alkanes) is 1. The molecule has 5 N–H and O–H groups in total. The third-order valence-corrected chi connectivity index (χ3v) is 5.35. The van der Waals surface area contributed by atoms with Crippen molar-refractivity contribution in [3.63, 3.8) is 0 Å². The van der Waals surface area contributed by atoms with Gasteiger partial charge in [0.1, 0.15) is 11.2 Å². The number of benzene rings is 1. The highest BCUT2D eigenvalue weighted by Gasteiger charge is 2.48. The van der Waals surface area contributed by atoms with Gasteiger partial charge in [-0.05, 0) is 56.2 Å². The fourth-order valence-corrected chi connectivity index (χ4v) is 3.59. The Morgan fingerprint density at radius 3 is 2.69 bits per heavy atom. The van der Waals surface area contributed by atoms with Gasteiger partial charge in [-0.25, -0.2) is 5.48 Å². The molecule has 0 heterocycles. The number of rotatable bonds is 12. The van der Waals surface area contributed by atoms with Crippen molar-refractivity contribution in [3.05, 3.63) is 29.8 Å². The van der Waals surface area contributed by atoms with E-state index >= 15 is 0 Å². The molecule has 29 heavy (non-hydrogen) atoms. The summed E-state index contributed by atoms with van der Waals surface area (Å²) in [5.74, 6) is -0.0222. The number of ether oxygens (including phenoxy) is 1. The average molecular weight is 405 g/mol. The minimum absolute atomic E-state index is 0.295. The van der Waals surface area contributed by atoms with Crippen LogP contribution in [-0.2, 0) is 20.8 Å². The SMILES string of the molecule is COc1cccc(CCNC(=O)C2(C(=O)NOB(O)CCCCN)CCCC2)c1. The summed E-state index contributed by atoms with van der Waals surface area (Å²) in [6.07, 6.45) is 5.02. The Bertz CT molecular complexity index is 667. The summed E-state index contributed by atoms with van der Waals surface area (Å²) >= 11 is 0. The lowest BCUT2D eigenvalue weighted by molar-refractivity contribution is -0.148. The van der Waals surface area contributed by atoms with Gasteiger partial charge in [0.05, 0.1) is 7.11 Å². The van der Waals surface area contributed by atoms with E-state index in [9.17, 15) is 14.6 Å². The third-order valence-electron chi connectivity index (χ3n) is 5.35. The van der Waals surface area contributed by atoms with Gasteiger partial charge in [-0.1, -0.05) is 31.4 Å². The summed E-state index contributed by atoms with van der Waals surface area (Å²) in [5.41, 5.74) is 7.61. The van der Waals surface area contributed by atoms with Crippen molar-refractivity contribution >= 4 is 18.9 Å². The minimum Gasteiger partial charge on any atom is -0.497 e. The molecule has 1 fully saturated rings. The van der Waals surface area contributed by atoms with Crippen LogP contribution in [0.1, 0.15) is 44.1 Å². The highest BCUT2D eigenvalue weighted by molar-refractivity contribution is 6.42. The Kier molecular flexibility index (Phi) is 9.43. The molecule has 0 aromatic heterocycles. The molecule has 0 aliphatic heterocycles. The molecule has 0 atom stereocenters. The average Bonchev–Trinajstić information content (AvgIpc) is 3.23. The van der Waals surface area contributed by atoms with Crippen LogP contribution in [0.3, 0.4) is 0 Å². The van der Waals surface area contributed by atoms with Crippen molar-refractivity contribution in [2.24, 2.45) is 11.1 Å². The smallest absolute Gasteiger partial charge is 0.479 e. The molecule has 9 heteroatoms. The summed E-state index contributed by atoms with van der Waals surface area (Å²) in [5, 5.41) is 12.7. The first kappa shape index (κ1) is 23.2. The van der Waals surface area contributed by atoms with Crippen LogP contribution in [0, 0.1) is 5.41 Å². The second-order valence-corrected chi connectivity index (χ2v) is 7.43. The number of hydrogen-bond acceptors (Lipinski definition) is 6. The number of hydroxylamine groups is 1. The monoisotopic (exact) mass is 405 g/mol. The van der Waals surface area contributed by atoms with Gasteiger partial charge in [0.15, 0.2) is 0 Å². The molecule has 2 amide bonds. The lowest BCUT2D eigenvalue weighted by Crippen LogP contribution is -2.51. The molecule has 0 radical (unpaired) electrons. The quantitative estimate of drug-likeness (QED) is 0.179. The van der Waals surface area contributed by atoms with Crippen molar-refractivity contribution in [1.82, 2.24) is 10.8 Å². The van der Waals surface area contributed by atoms with Crippen molar-refractivity contribution in [2.45, 2.75) is 51.3 Å². The third kappa shape index (κ3) is 6.73. The Balaban J connectivity index is 1.85. The Hall–Kier alpha value is -2.10. The van der Waals surface area contributed by atoms with Crippen molar-refractivity contribution in [1.29, 1.82) is 0 Å². The standard InChI is InChI=1S/C20H32BN3O5/c1-28-17-8-6-7-16(15-17)9-14-23-18(25)20(10-2-3-11-20)19(26)24-29-21(27)12-4-5-13-22/h6-8,15,27H,2-5,9-14,22H2,1H3,(H,23,25)(H,24,26). The number of nitrogens with two attached hydrogens (primary N) is 1. The summed E-state index contributed by atoms with van der Waals surface area (Å²) in [6.45, 7) is 0.960. The van der Waals surface area contributed by atoms with E-state index in [2.05, 4.69) is 10.8 Å². The second-order valence-electron chi connectivity index (χ2n) is 7.43. The molecule has 0 unspecified atom stereocenters. The zero-order valence-electron chi connectivity index (χ0n) is 17.1. The van der Waals surface area contributed by atoms with Crippen LogP contribution in [0.25, 0.3) is 0 Å². The maximum Gasteiger partial charge on any atom is 0.479 e. The van der Waals surface area contributed by atoms with E-state index in [0.29, 0.717) is 45.1 Å². The molecule has 0 spiro atoms. The van der Waals surface area contributed by atoms with Crippen LogP contribution in [0.15, 0.2) is 24.3 Å². The van der Waals surface area contributed by atoms with Gasteiger partial charge in [-0.3, -0.25) is 14.3 Å². The van der Waals surface area contributed by atoms with Gasteiger partial charge in [0.25, 0.3) is 5.91 Å². The van der Waals surface area contributed by atoms with E-state index in [1.165, 1.54) is 0 Å². The maximum absolute atomic E-state index is 12.8. The van der Waals surface area contributed by atoms with Crippen LogP contribution in [0.2, 0.25) is 6.32 Å². The fraction of sp³-hybridized carbons (Fsp3) is 0.600. The number of methoxy groups -OCH3 is 1. The second kappa shape index (κ2) is 11.8. The van der Waals surface area contributed by atoms with E-state index in [-0.39, 0.29) is 5.91 Å². The summed E-state index contributed by atoms with van der Waals surface area (Å²) < 4.78 is 10.3. The molecule has 2 rings (SSSR count). The fourth-order valence-electron chi connectivity index (χ4n) is 3.59. The molecular weight excluding hydrogens is 373 g/mol. The maximum atomic E-state index is 12.8. The van der Waals surface area contributed by atoms with Crippen molar-refractivity contribution in [2.75, 3.05) is 20.2 Å². The molecule has 8 nitrogen and oxygen atoms in total. The summed E-state index contributed by atoms with van der Waals surface area (Å²) in [7, 11) is 0.501. The lowest BCUT2D eigenvalue weighted by atomic mass is 9.82. The van der Waals surface area contributed by atoms with Crippen LogP contribution in [-0.4, -0.2) is 44.2 Å². The van der Waals surface area contributed by atoms with Gasteiger partial charge < -0.3 is 20.8 Å². The molecule has 1 aromatic rings. The first-order valence-electron chi connectivity index (χ1n) is 10.3. The molecule has 0 bridgehead atoms. The van der Waals surface area contributed by atoms with Crippen LogP contribution in [0.4, 0.5) is 0 Å².